The van der Waals surface area contributed by atoms with Crippen LogP contribution in [0, 0.1) is 0 Å². The highest BCUT2D eigenvalue weighted by Crippen LogP contribution is 2.28. The molecule has 0 saturated heterocycles. The smallest absolute Gasteiger partial charge is 0.183 e. The van der Waals surface area contributed by atoms with Crippen molar-refractivity contribution in [3.8, 4) is 11.5 Å². The molecule has 0 aliphatic carbocycles. The van der Waals surface area contributed by atoms with Gasteiger partial charge < -0.3 is 19.5 Å². The minimum atomic E-state index is 0.661. The molecule has 0 spiro atoms. The molecule has 1 aromatic heterocycles. The molecule has 0 aromatic carbocycles. The number of hydrogen-bond donors (Lipinski definition) is 1. The van der Waals surface area contributed by atoms with E-state index >= 15 is 0 Å². The minimum Gasteiger partial charge on any atom is -0.493 e. The second kappa shape index (κ2) is 9.58. The highest BCUT2D eigenvalue weighted by atomic mass is 16.5. The van der Waals surface area contributed by atoms with Crippen LogP contribution >= 0.6 is 0 Å². The molecular formula is C14H24N2O3. The summed E-state index contributed by atoms with van der Waals surface area (Å²) in [7, 11) is 3.25. The zero-order chi connectivity index (χ0) is 13.9. The SMILES string of the molecule is CCCOCCCNCc1nccc(OC)c1OC. The average molecular weight is 268 g/mol. The second-order valence-corrected chi connectivity index (χ2v) is 4.14. The Hall–Kier alpha value is -1.33. The van der Waals surface area contributed by atoms with Gasteiger partial charge in [-0.05, 0) is 19.4 Å². The van der Waals surface area contributed by atoms with Gasteiger partial charge in [0.2, 0.25) is 0 Å². The van der Waals surface area contributed by atoms with Gasteiger partial charge >= 0.3 is 0 Å². The van der Waals surface area contributed by atoms with E-state index in [1.54, 1.807) is 26.5 Å². The van der Waals surface area contributed by atoms with Gasteiger partial charge in [-0.25, -0.2) is 0 Å². The third-order valence-corrected chi connectivity index (χ3v) is 2.65. The topological polar surface area (TPSA) is 52.6 Å². The van der Waals surface area contributed by atoms with Crippen molar-refractivity contribution in [3.05, 3.63) is 18.0 Å². The molecule has 1 aromatic rings. The van der Waals surface area contributed by atoms with Gasteiger partial charge in [0.25, 0.3) is 0 Å². The van der Waals surface area contributed by atoms with E-state index < -0.39 is 0 Å². The predicted molar refractivity (Wildman–Crippen MR) is 74.8 cm³/mol. The fraction of sp³-hybridized carbons (Fsp3) is 0.643. The molecule has 108 valence electrons. The highest BCUT2D eigenvalue weighted by molar-refractivity contribution is 5.42. The van der Waals surface area contributed by atoms with Gasteiger partial charge in [-0.1, -0.05) is 6.92 Å². The van der Waals surface area contributed by atoms with Gasteiger partial charge in [-0.2, -0.15) is 0 Å². The lowest BCUT2D eigenvalue weighted by atomic mass is 10.3. The standard InChI is InChI=1S/C14H24N2O3/c1-4-9-19-10-5-7-15-11-12-14(18-3)13(17-2)6-8-16-12/h6,8,15H,4-5,7,9-11H2,1-3H3. The molecule has 0 unspecified atom stereocenters. The largest absolute Gasteiger partial charge is 0.493 e. The van der Waals surface area contributed by atoms with Crippen LogP contribution in [0.25, 0.3) is 0 Å². The summed E-state index contributed by atoms with van der Waals surface area (Å²) in [6.07, 6.45) is 3.79. The van der Waals surface area contributed by atoms with Crippen molar-refractivity contribution < 1.29 is 14.2 Å². The van der Waals surface area contributed by atoms with E-state index in [1.807, 2.05) is 0 Å². The first-order valence-corrected chi connectivity index (χ1v) is 6.67. The molecule has 0 amide bonds. The second-order valence-electron chi connectivity index (χ2n) is 4.14. The molecule has 19 heavy (non-hydrogen) atoms. The van der Waals surface area contributed by atoms with Crippen molar-refractivity contribution >= 4 is 0 Å². The fourth-order valence-corrected chi connectivity index (χ4v) is 1.73. The summed E-state index contributed by atoms with van der Waals surface area (Å²) < 4.78 is 16.0. The Labute approximate surface area is 115 Å². The lowest BCUT2D eigenvalue weighted by Crippen LogP contribution is -2.18. The van der Waals surface area contributed by atoms with E-state index in [-0.39, 0.29) is 0 Å². The molecule has 0 aliphatic heterocycles. The Balaban J connectivity index is 2.33. The van der Waals surface area contributed by atoms with Crippen molar-refractivity contribution in [2.24, 2.45) is 0 Å². The zero-order valence-corrected chi connectivity index (χ0v) is 12.1. The molecule has 0 radical (unpaired) electrons. The van der Waals surface area contributed by atoms with E-state index in [9.17, 15) is 0 Å². The minimum absolute atomic E-state index is 0.661. The Morgan fingerprint density at radius 1 is 1.21 bits per heavy atom. The van der Waals surface area contributed by atoms with Crippen LogP contribution < -0.4 is 14.8 Å². The van der Waals surface area contributed by atoms with Gasteiger partial charge in [0.05, 0.1) is 19.9 Å². The predicted octanol–water partition coefficient (Wildman–Crippen LogP) is 2.01. The van der Waals surface area contributed by atoms with E-state index in [0.29, 0.717) is 18.0 Å². The number of nitrogens with one attached hydrogen (secondary N) is 1. The van der Waals surface area contributed by atoms with Crippen LogP contribution in [-0.2, 0) is 11.3 Å². The van der Waals surface area contributed by atoms with Gasteiger partial charge in [0.15, 0.2) is 11.5 Å². The summed E-state index contributed by atoms with van der Waals surface area (Å²) in [6, 6.07) is 1.79. The highest BCUT2D eigenvalue weighted by Gasteiger charge is 2.09. The Morgan fingerprint density at radius 3 is 2.74 bits per heavy atom. The number of hydrogen-bond acceptors (Lipinski definition) is 5. The monoisotopic (exact) mass is 268 g/mol. The molecule has 1 rings (SSSR count). The summed E-state index contributed by atoms with van der Waals surface area (Å²) >= 11 is 0. The maximum absolute atomic E-state index is 5.42. The van der Waals surface area contributed by atoms with Gasteiger partial charge in [0.1, 0.15) is 0 Å². The first-order chi connectivity index (χ1) is 9.33. The number of nitrogens with zero attached hydrogens (tertiary/aromatic N) is 1. The van der Waals surface area contributed by atoms with Gasteiger partial charge in [-0.15, -0.1) is 0 Å². The van der Waals surface area contributed by atoms with E-state index in [0.717, 1.165) is 38.3 Å². The fourth-order valence-electron chi connectivity index (χ4n) is 1.73. The summed E-state index contributed by atoms with van der Waals surface area (Å²) in [4.78, 5) is 4.31. The van der Waals surface area contributed by atoms with Crippen LogP contribution in [0.2, 0.25) is 0 Å². The zero-order valence-electron chi connectivity index (χ0n) is 12.1. The van der Waals surface area contributed by atoms with Crippen LogP contribution in [0.5, 0.6) is 11.5 Å². The van der Waals surface area contributed by atoms with Crippen molar-refractivity contribution in [3.63, 3.8) is 0 Å². The number of aromatic nitrogens is 1. The molecule has 1 heterocycles. The van der Waals surface area contributed by atoms with Crippen molar-refractivity contribution in [1.82, 2.24) is 10.3 Å². The summed E-state index contributed by atoms with van der Waals surface area (Å²) in [6.45, 7) is 5.30. The molecule has 0 fully saturated rings. The van der Waals surface area contributed by atoms with Gasteiger partial charge in [-0.3, -0.25) is 4.98 Å². The first-order valence-electron chi connectivity index (χ1n) is 6.67. The number of rotatable bonds is 10. The van der Waals surface area contributed by atoms with E-state index in [2.05, 4.69) is 17.2 Å². The van der Waals surface area contributed by atoms with Crippen LogP contribution in [0.4, 0.5) is 0 Å². The number of methoxy groups -OCH3 is 2. The molecular weight excluding hydrogens is 244 g/mol. The molecule has 0 saturated carbocycles. The third kappa shape index (κ3) is 5.44. The molecule has 0 aliphatic rings. The van der Waals surface area contributed by atoms with Crippen molar-refractivity contribution in [2.45, 2.75) is 26.3 Å². The molecule has 0 bridgehead atoms. The maximum atomic E-state index is 5.42. The summed E-state index contributed by atoms with van der Waals surface area (Å²) in [5.74, 6) is 1.40. The lowest BCUT2D eigenvalue weighted by molar-refractivity contribution is 0.132. The van der Waals surface area contributed by atoms with Crippen molar-refractivity contribution in [1.29, 1.82) is 0 Å². The Kier molecular flexibility index (Phi) is 7.93. The molecule has 0 atom stereocenters. The van der Waals surface area contributed by atoms with Crippen LogP contribution in [0.3, 0.4) is 0 Å². The summed E-state index contributed by atoms with van der Waals surface area (Å²) in [5.41, 5.74) is 0.858. The number of pyridine rings is 1. The van der Waals surface area contributed by atoms with Crippen molar-refractivity contribution in [2.75, 3.05) is 34.0 Å². The van der Waals surface area contributed by atoms with E-state index in [1.165, 1.54) is 0 Å². The normalized spacial score (nSPS) is 10.5. The lowest BCUT2D eigenvalue weighted by Gasteiger charge is -2.12. The van der Waals surface area contributed by atoms with E-state index in [4.69, 9.17) is 14.2 Å². The summed E-state index contributed by atoms with van der Waals surface area (Å²) in [5, 5.41) is 3.33. The molecule has 5 heteroatoms. The first kappa shape index (κ1) is 15.7. The molecule has 5 nitrogen and oxygen atoms in total. The van der Waals surface area contributed by atoms with Crippen LogP contribution in [0.15, 0.2) is 12.3 Å². The van der Waals surface area contributed by atoms with Crippen LogP contribution in [0.1, 0.15) is 25.5 Å². The average Bonchev–Trinajstić information content (AvgIpc) is 2.45. The van der Waals surface area contributed by atoms with Crippen LogP contribution in [-0.4, -0.2) is 39.0 Å². The third-order valence-electron chi connectivity index (χ3n) is 2.65. The quantitative estimate of drug-likeness (QED) is 0.658. The molecule has 1 N–H and O–H groups in total. The van der Waals surface area contributed by atoms with Gasteiger partial charge in [0, 0.05) is 32.0 Å². The Morgan fingerprint density at radius 2 is 2.05 bits per heavy atom. The Bertz CT molecular complexity index is 359. The number of ether oxygens (including phenoxy) is 3. The maximum Gasteiger partial charge on any atom is 0.183 e.